The second kappa shape index (κ2) is 4.82. The van der Waals surface area contributed by atoms with Crippen molar-refractivity contribution < 1.29 is 9.68 Å². The van der Waals surface area contributed by atoms with Crippen molar-refractivity contribution in [2.45, 2.75) is 6.92 Å². The van der Waals surface area contributed by atoms with E-state index < -0.39 is 7.12 Å². The lowest BCUT2D eigenvalue weighted by molar-refractivity contribution is 0.425. The molecule has 0 fully saturated rings. The molecule has 0 amide bonds. The van der Waals surface area contributed by atoms with Gasteiger partial charge in [-0.3, -0.25) is 0 Å². The summed E-state index contributed by atoms with van der Waals surface area (Å²) in [5, 5.41) is 11.1. The highest BCUT2D eigenvalue weighted by molar-refractivity contribution is 6.60. The lowest BCUT2D eigenvalue weighted by atomic mass is 9.80. The van der Waals surface area contributed by atoms with Crippen molar-refractivity contribution in [2.75, 3.05) is 0 Å². The van der Waals surface area contributed by atoms with Crippen molar-refractivity contribution in [1.82, 2.24) is 4.98 Å². The van der Waals surface area contributed by atoms with Crippen molar-refractivity contribution in [3.63, 3.8) is 0 Å². The number of nitrogens with one attached hydrogen (secondary N) is 1. The van der Waals surface area contributed by atoms with E-state index in [4.69, 9.17) is 4.65 Å². The fraction of sp³-hybridized carbons (Fsp3) is 0.0667. The molecule has 3 nitrogen and oxygen atoms in total. The zero-order chi connectivity index (χ0) is 13.2. The molecule has 0 unspecified atom stereocenters. The predicted molar refractivity (Wildman–Crippen MR) is 77.7 cm³/mol. The Kier molecular flexibility index (Phi) is 3.01. The number of hydrogen-bond donors (Lipinski definition) is 2. The highest BCUT2D eigenvalue weighted by Crippen LogP contribution is 2.21. The molecule has 1 heterocycles. The van der Waals surface area contributed by atoms with E-state index in [9.17, 15) is 5.02 Å². The standard InChI is InChI=1S/C15H14BNO2/c1-11-7-8-14-12(9-11)10-15(17-14)19-16(18)13-5-3-2-4-6-13/h2-10,17-18H,1H3. The minimum Gasteiger partial charge on any atom is -0.520 e. The van der Waals surface area contributed by atoms with Crippen LogP contribution in [0.4, 0.5) is 0 Å². The molecule has 0 aliphatic carbocycles. The molecule has 19 heavy (non-hydrogen) atoms. The maximum Gasteiger partial charge on any atom is 0.561 e. The summed E-state index contributed by atoms with van der Waals surface area (Å²) in [6.07, 6.45) is 0. The first kappa shape index (κ1) is 11.9. The van der Waals surface area contributed by atoms with Crippen LogP contribution < -0.4 is 10.1 Å². The van der Waals surface area contributed by atoms with Gasteiger partial charge >= 0.3 is 7.12 Å². The van der Waals surface area contributed by atoms with Crippen molar-refractivity contribution >= 4 is 23.5 Å². The first-order chi connectivity index (χ1) is 9.22. The molecule has 0 atom stereocenters. The Hall–Kier alpha value is -2.20. The van der Waals surface area contributed by atoms with E-state index in [1.807, 2.05) is 55.5 Å². The summed E-state index contributed by atoms with van der Waals surface area (Å²) in [5.74, 6) is 0.567. The van der Waals surface area contributed by atoms with Gasteiger partial charge in [-0.25, -0.2) is 0 Å². The molecule has 0 spiro atoms. The summed E-state index contributed by atoms with van der Waals surface area (Å²) in [7, 11) is -0.963. The Morgan fingerprint density at radius 1 is 1.05 bits per heavy atom. The fourth-order valence-electron chi connectivity index (χ4n) is 2.09. The van der Waals surface area contributed by atoms with Crippen LogP contribution in [0.15, 0.2) is 54.6 Å². The number of aromatic nitrogens is 1. The summed E-state index contributed by atoms with van der Waals surface area (Å²) in [5.41, 5.74) is 2.93. The number of rotatable bonds is 3. The minimum atomic E-state index is -0.963. The minimum absolute atomic E-state index is 0.567. The van der Waals surface area contributed by atoms with Gasteiger partial charge in [0.15, 0.2) is 5.88 Å². The predicted octanol–water partition coefficient (Wildman–Crippen LogP) is 2.24. The van der Waals surface area contributed by atoms with Gasteiger partial charge < -0.3 is 14.7 Å². The monoisotopic (exact) mass is 251 g/mol. The van der Waals surface area contributed by atoms with Gasteiger partial charge in [-0.2, -0.15) is 0 Å². The van der Waals surface area contributed by atoms with Crippen LogP contribution >= 0.6 is 0 Å². The molecule has 2 aromatic carbocycles. The molecule has 94 valence electrons. The van der Waals surface area contributed by atoms with Crippen molar-refractivity contribution in [3.05, 3.63) is 60.2 Å². The first-order valence-corrected chi connectivity index (χ1v) is 6.21. The summed E-state index contributed by atoms with van der Waals surface area (Å²) in [4.78, 5) is 3.14. The van der Waals surface area contributed by atoms with E-state index in [1.54, 1.807) is 0 Å². The van der Waals surface area contributed by atoms with Crippen LogP contribution in [0, 0.1) is 6.92 Å². The van der Waals surface area contributed by atoms with Crippen LogP contribution in [0.3, 0.4) is 0 Å². The van der Waals surface area contributed by atoms with Gasteiger partial charge in [0, 0.05) is 17.0 Å². The maximum absolute atomic E-state index is 10.0. The van der Waals surface area contributed by atoms with Gasteiger partial charge in [-0.1, -0.05) is 42.0 Å². The first-order valence-electron chi connectivity index (χ1n) is 6.21. The van der Waals surface area contributed by atoms with Crippen molar-refractivity contribution in [1.29, 1.82) is 0 Å². The number of aromatic amines is 1. The van der Waals surface area contributed by atoms with E-state index in [0.717, 1.165) is 16.4 Å². The second-order valence-corrected chi connectivity index (χ2v) is 4.61. The van der Waals surface area contributed by atoms with Crippen LogP contribution in [-0.4, -0.2) is 17.1 Å². The molecule has 0 saturated carbocycles. The van der Waals surface area contributed by atoms with Crippen molar-refractivity contribution in [2.24, 2.45) is 0 Å². The highest BCUT2D eigenvalue weighted by atomic mass is 16.5. The molecule has 2 N–H and O–H groups in total. The highest BCUT2D eigenvalue weighted by Gasteiger charge is 2.19. The second-order valence-electron chi connectivity index (χ2n) is 4.61. The molecule has 0 aliphatic heterocycles. The van der Waals surface area contributed by atoms with Gasteiger partial charge in [0.25, 0.3) is 0 Å². The van der Waals surface area contributed by atoms with Gasteiger partial charge in [-0.05, 0) is 24.5 Å². The normalized spacial score (nSPS) is 10.6. The third-order valence-corrected chi connectivity index (χ3v) is 3.07. The lowest BCUT2D eigenvalue weighted by Crippen LogP contribution is -2.36. The Morgan fingerprint density at radius 3 is 2.63 bits per heavy atom. The third-order valence-electron chi connectivity index (χ3n) is 3.07. The number of H-pyrrole nitrogens is 1. The average molecular weight is 251 g/mol. The van der Waals surface area contributed by atoms with E-state index in [-0.39, 0.29) is 0 Å². The van der Waals surface area contributed by atoms with Gasteiger partial charge in [0.05, 0.1) is 0 Å². The molecule has 3 rings (SSSR count). The Morgan fingerprint density at radius 2 is 1.84 bits per heavy atom. The summed E-state index contributed by atoms with van der Waals surface area (Å²) >= 11 is 0. The molecular weight excluding hydrogens is 237 g/mol. The van der Waals surface area contributed by atoms with Crippen LogP contribution in [0.5, 0.6) is 5.88 Å². The van der Waals surface area contributed by atoms with E-state index >= 15 is 0 Å². The summed E-state index contributed by atoms with van der Waals surface area (Å²) in [6.45, 7) is 2.05. The van der Waals surface area contributed by atoms with Crippen molar-refractivity contribution in [3.8, 4) is 5.88 Å². The van der Waals surface area contributed by atoms with Crippen LogP contribution in [0.25, 0.3) is 10.9 Å². The van der Waals surface area contributed by atoms with Gasteiger partial charge in [-0.15, -0.1) is 0 Å². The fourth-order valence-corrected chi connectivity index (χ4v) is 2.09. The van der Waals surface area contributed by atoms with Gasteiger partial charge in [0.2, 0.25) is 0 Å². The molecule has 0 saturated heterocycles. The molecular formula is C15H14BNO2. The quantitative estimate of drug-likeness (QED) is 0.701. The zero-order valence-corrected chi connectivity index (χ0v) is 10.6. The number of benzene rings is 2. The topological polar surface area (TPSA) is 45.2 Å². The number of aryl methyl sites for hydroxylation is 1. The smallest absolute Gasteiger partial charge is 0.520 e. The summed E-state index contributed by atoms with van der Waals surface area (Å²) in [6, 6.07) is 17.3. The Balaban J connectivity index is 1.85. The average Bonchev–Trinajstić information content (AvgIpc) is 2.81. The molecule has 0 bridgehead atoms. The number of fused-ring (bicyclic) bond motifs is 1. The summed E-state index contributed by atoms with van der Waals surface area (Å²) < 4.78 is 5.53. The third kappa shape index (κ3) is 2.49. The SMILES string of the molecule is Cc1ccc2[nH]c(OB(O)c3ccccc3)cc2c1. The van der Waals surface area contributed by atoms with Crippen LogP contribution in [0.1, 0.15) is 5.56 Å². The molecule has 0 aliphatic rings. The van der Waals surface area contributed by atoms with Crippen LogP contribution in [0.2, 0.25) is 0 Å². The zero-order valence-electron chi connectivity index (χ0n) is 10.6. The molecule has 4 heteroatoms. The molecule has 3 aromatic rings. The Labute approximate surface area is 112 Å². The van der Waals surface area contributed by atoms with E-state index in [1.165, 1.54) is 5.56 Å². The maximum atomic E-state index is 10.0. The van der Waals surface area contributed by atoms with Crippen LogP contribution in [-0.2, 0) is 0 Å². The van der Waals surface area contributed by atoms with Gasteiger partial charge in [0.1, 0.15) is 0 Å². The lowest BCUT2D eigenvalue weighted by Gasteiger charge is -2.07. The largest absolute Gasteiger partial charge is 0.561 e. The Bertz CT molecular complexity index is 694. The molecule has 0 radical (unpaired) electrons. The van der Waals surface area contributed by atoms with E-state index in [0.29, 0.717) is 5.88 Å². The van der Waals surface area contributed by atoms with E-state index in [2.05, 4.69) is 11.1 Å². The molecule has 1 aromatic heterocycles. The number of hydrogen-bond acceptors (Lipinski definition) is 2.